The van der Waals surface area contributed by atoms with Crippen LogP contribution in [0.2, 0.25) is 0 Å². The summed E-state index contributed by atoms with van der Waals surface area (Å²) in [5.41, 5.74) is 1.70. The Balaban J connectivity index is 0.00000220. The van der Waals surface area contributed by atoms with E-state index in [1.54, 1.807) is 0 Å². The SMILES string of the molecule is CCNC(=NCC1(c2ccccc2)CCCC1)NCC.I. The number of aliphatic imine (C=N–C) groups is 1. The highest BCUT2D eigenvalue weighted by molar-refractivity contribution is 14.0. The maximum atomic E-state index is 4.83. The van der Waals surface area contributed by atoms with Crippen LogP contribution in [0.25, 0.3) is 0 Å². The van der Waals surface area contributed by atoms with E-state index in [1.165, 1.54) is 31.2 Å². The molecular weight excluding hydrogens is 373 g/mol. The summed E-state index contributed by atoms with van der Waals surface area (Å²) in [6.45, 7) is 6.91. The van der Waals surface area contributed by atoms with Crippen molar-refractivity contribution < 1.29 is 0 Å². The maximum absolute atomic E-state index is 4.83. The molecule has 0 spiro atoms. The first-order chi connectivity index (χ1) is 9.80. The number of nitrogens with one attached hydrogen (secondary N) is 2. The van der Waals surface area contributed by atoms with Crippen molar-refractivity contribution in [2.24, 2.45) is 4.99 Å². The number of hydrogen-bond acceptors (Lipinski definition) is 1. The van der Waals surface area contributed by atoms with Gasteiger partial charge >= 0.3 is 0 Å². The van der Waals surface area contributed by atoms with E-state index in [1.807, 2.05) is 0 Å². The fraction of sp³-hybridized carbons (Fsp3) is 0.588. The highest BCUT2D eigenvalue weighted by atomic mass is 127. The van der Waals surface area contributed by atoms with Crippen LogP contribution in [0, 0.1) is 0 Å². The molecule has 1 aliphatic rings. The smallest absolute Gasteiger partial charge is 0.191 e. The second-order valence-corrected chi connectivity index (χ2v) is 5.58. The molecule has 2 N–H and O–H groups in total. The van der Waals surface area contributed by atoms with Gasteiger partial charge in [0.2, 0.25) is 0 Å². The first-order valence-electron chi connectivity index (χ1n) is 7.88. The van der Waals surface area contributed by atoms with Crippen molar-refractivity contribution >= 4 is 29.9 Å². The molecule has 4 heteroatoms. The Bertz CT molecular complexity index is 417. The minimum absolute atomic E-state index is 0. The molecule has 3 nitrogen and oxygen atoms in total. The molecule has 0 atom stereocenters. The van der Waals surface area contributed by atoms with Crippen molar-refractivity contribution in [3.63, 3.8) is 0 Å². The number of hydrogen-bond donors (Lipinski definition) is 2. The normalized spacial score (nSPS) is 15.9. The Morgan fingerprint density at radius 2 is 1.62 bits per heavy atom. The van der Waals surface area contributed by atoms with Gasteiger partial charge in [-0.3, -0.25) is 4.99 Å². The zero-order valence-corrected chi connectivity index (χ0v) is 15.5. The molecule has 1 saturated carbocycles. The lowest BCUT2D eigenvalue weighted by atomic mass is 9.79. The molecule has 21 heavy (non-hydrogen) atoms. The van der Waals surface area contributed by atoms with E-state index in [-0.39, 0.29) is 29.4 Å². The summed E-state index contributed by atoms with van der Waals surface area (Å²) in [5, 5.41) is 6.63. The van der Waals surface area contributed by atoms with Gasteiger partial charge in [0, 0.05) is 18.5 Å². The lowest BCUT2D eigenvalue weighted by molar-refractivity contribution is 0.452. The maximum Gasteiger partial charge on any atom is 0.191 e. The van der Waals surface area contributed by atoms with Crippen molar-refractivity contribution in [3.8, 4) is 0 Å². The number of halogens is 1. The van der Waals surface area contributed by atoms with E-state index in [4.69, 9.17) is 4.99 Å². The van der Waals surface area contributed by atoms with E-state index in [0.29, 0.717) is 0 Å². The minimum atomic E-state index is 0. The monoisotopic (exact) mass is 401 g/mol. The second kappa shape index (κ2) is 9.28. The number of nitrogens with zero attached hydrogens (tertiary/aromatic N) is 1. The third-order valence-electron chi connectivity index (χ3n) is 4.18. The Morgan fingerprint density at radius 1 is 1.05 bits per heavy atom. The molecule has 1 fully saturated rings. The lowest BCUT2D eigenvalue weighted by Gasteiger charge is -2.28. The first kappa shape index (κ1) is 18.3. The highest BCUT2D eigenvalue weighted by Gasteiger charge is 2.35. The number of guanidine groups is 1. The largest absolute Gasteiger partial charge is 0.357 e. The standard InChI is InChI=1S/C17H27N3.HI/c1-3-18-16(19-4-2)20-14-17(12-8-9-13-17)15-10-6-5-7-11-15;/h5-7,10-11H,3-4,8-9,12-14H2,1-2H3,(H2,18,19,20);1H. The number of rotatable bonds is 5. The molecule has 2 rings (SSSR count). The van der Waals surface area contributed by atoms with Gasteiger partial charge in [0.25, 0.3) is 0 Å². The Kier molecular flexibility index (Phi) is 8.07. The Hall–Kier alpha value is -0.780. The Morgan fingerprint density at radius 3 is 2.14 bits per heavy atom. The van der Waals surface area contributed by atoms with Gasteiger partial charge < -0.3 is 10.6 Å². The van der Waals surface area contributed by atoms with Gasteiger partial charge in [0.1, 0.15) is 0 Å². The summed E-state index contributed by atoms with van der Waals surface area (Å²) >= 11 is 0. The average Bonchev–Trinajstić information content (AvgIpc) is 2.96. The summed E-state index contributed by atoms with van der Waals surface area (Å²) < 4.78 is 0. The third-order valence-corrected chi connectivity index (χ3v) is 4.18. The molecule has 0 unspecified atom stereocenters. The van der Waals surface area contributed by atoms with Crippen LogP contribution in [0.5, 0.6) is 0 Å². The molecule has 0 radical (unpaired) electrons. The average molecular weight is 401 g/mol. The quantitative estimate of drug-likeness (QED) is 0.449. The lowest BCUT2D eigenvalue weighted by Crippen LogP contribution is -2.38. The van der Waals surface area contributed by atoms with Gasteiger partial charge in [-0.1, -0.05) is 43.2 Å². The van der Waals surface area contributed by atoms with Crippen LogP contribution in [0.4, 0.5) is 0 Å². The van der Waals surface area contributed by atoms with Crippen LogP contribution < -0.4 is 10.6 Å². The summed E-state index contributed by atoms with van der Waals surface area (Å²) in [4.78, 5) is 4.83. The predicted molar refractivity (Wildman–Crippen MR) is 102 cm³/mol. The summed E-state index contributed by atoms with van der Waals surface area (Å²) in [5.74, 6) is 0.942. The molecule has 0 aromatic heterocycles. The molecule has 118 valence electrons. The molecule has 1 aromatic rings. The van der Waals surface area contributed by atoms with Crippen molar-refractivity contribution in [1.29, 1.82) is 0 Å². The molecule has 0 bridgehead atoms. The summed E-state index contributed by atoms with van der Waals surface area (Å²) in [6, 6.07) is 10.9. The molecule has 0 saturated heterocycles. The van der Waals surface area contributed by atoms with Crippen molar-refractivity contribution in [2.45, 2.75) is 44.9 Å². The van der Waals surface area contributed by atoms with Gasteiger partial charge in [-0.15, -0.1) is 24.0 Å². The second-order valence-electron chi connectivity index (χ2n) is 5.58. The molecule has 1 aromatic carbocycles. The minimum Gasteiger partial charge on any atom is -0.357 e. The third kappa shape index (κ3) is 4.87. The summed E-state index contributed by atoms with van der Waals surface area (Å²) in [6.07, 6.45) is 5.16. The van der Waals surface area contributed by atoms with Gasteiger partial charge in [0.15, 0.2) is 5.96 Å². The van der Waals surface area contributed by atoms with E-state index in [2.05, 4.69) is 54.8 Å². The van der Waals surface area contributed by atoms with Crippen LogP contribution >= 0.6 is 24.0 Å². The van der Waals surface area contributed by atoms with Crippen LogP contribution in [-0.4, -0.2) is 25.6 Å². The highest BCUT2D eigenvalue weighted by Crippen LogP contribution is 2.41. The van der Waals surface area contributed by atoms with E-state index < -0.39 is 0 Å². The Labute approximate surface area is 146 Å². The van der Waals surface area contributed by atoms with Crippen LogP contribution in [0.3, 0.4) is 0 Å². The fourth-order valence-electron chi connectivity index (χ4n) is 3.12. The van der Waals surface area contributed by atoms with Crippen LogP contribution in [0.15, 0.2) is 35.3 Å². The van der Waals surface area contributed by atoms with E-state index in [0.717, 1.165) is 25.6 Å². The zero-order valence-electron chi connectivity index (χ0n) is 13.2. The van der Waals surface area contributed by atoms with Crippen LogP contribution in [0.1, 0.15) is 45.1 Å². The first-order valence-corrected chi connectivity index (χ1v) is 7.88. The van der Waals surface area contributed by atoms with Crippen LogP contribution in [-0.2, 0) is 5.41 Å². The van der Waals surface area contributed by atoms with E-state index >= 15 is 0 Å². The van der Waals surface area contributed by atoms with Gasteiger partial charge in [-0.2, -0.15) is 0 Å². The van der Waals surface area contributed by atoms with Gasteiger partial charge in [0.05, 0.1) is 6.54 Å². The van der Waals surface area contributed by atoms with Crippen molar-refractivity contribution in [1.82, 2.24) is 10.6 Å². The van der Waals surface area contributed by atoms with Crippen molar-refractivity contribution in [3.05, 3.63) is 35.9 Å². The summed E-state index contributed by atoms with van der Waals surface area (Å²) in [7, 11) is 0. The zero-order chi connectivity index (χ0) is 14.3. The fourth-order valence-corrected chi connectivity index (χ4v) is 3.12. The molecule has 0 aliphatic heterocycles. The van der Waals surface area contributed by atoms with Gasteiger partial charge in [-0.05, 0) is 32.3 Å². The topological polar surface area (TPSA) is 36.4 Å². The molecule has 0 heterocycles. The molecule has 1 aliphatic carbocycles. The molecule has 0 amide bonds. The molecular formula is C17H28IN3. The van der Waals surface area contributed by atoms with E-state index in [9.17, 15) is 0 Å². The van der Waals surface area contributed by atoms with Gasteiger partial charge in [-0.25, -0.2) is 0 Å². The number of benzene rings is 1. The van der Waals surface area contributed by atoms with Crippen molar-refractivity contribution in [2.75, 3.05) is 19.6 Å². The predicted octanol–water partition coefficient (Wildman–Crippen LogP) is 3.69.